The van der Waals surface area contributed by atoms with Gasteiger partial charge in [-0.3, -0.25) is 0 Å². The highest BCUT2D eigenvalue weighted by molar-refractivity contribution is 7.12. The number of aromatic amines is 1. The van der Waals surface area contributed by atoms with Crippen LogP contribution in [0.2, 0.25) is 0 Å². The number of esters is 1. The fourth-order valence-corrected chi connectivity index (χ4v) is 4.42. The van der Waals surface area contributed by atoms with E-state index in [1.165, 1.54) is 4.88 Å². The summed E-state index contributed by atoms with van der Waals surface area (Å²) in [5.74, 6) is 0.270. The molecule has 0 amide bonds. The Hall–Kier alpha value is -3.25. The Morgan fingerprint density at radius 1 is 1.15 bits per heavy atom. The molecule has 4 aromatic rings. The molecule has 2 aromatic heterocycles. The summed E-state index contributed by atoms with van der Waals surface area (Å²) < 4.78 is 5.68. The van der Waals surface area contributed by atoms with Crippen molar-refractivity contribution in [3.05, 3.63) is 87.8 Å². The third-order valence-electron chi connectivity index (χ3n) is 4.57. The minimum Gasteiger partial charge on any atom is -0.423 e. The normalized spacial score (nSPS) is 11.9. The number of fused-ring (bicyclic) bond motifs is 3. The van der Waals surface area contributed by atoms with E-state index < -0.39 is 0 Å². The Labute approximate surface area is 159 Å². The Morgan fingerprint density at radius 3 is 2.85 bits per heavy atom. The van der Waals surface area contributed by atoms with Crippen LogP contribution in [0.1, 0.15) is 31.5 Å². The van der Waals surface area contributed by atoms with E-state index in [4.69, 9.17) is 9.72 Å². The van der Waals surface area contributed by atoms with Crippen molar-refractivity contribution < 1.29 is 9.53 Å². The van der Waals surface area contributed by atoms with Crippen LogP contribution in [0.3, 0.4) is 0 Å². The van der Waals surface area contributed by atoms with Crippen molar-refractivity contribution in [2.75, 3.05) is 0 Å². The predicted octanol–water partition coefficient (Wildman–Crippen LogP) is 4.25. The van der Waals surface area contributed by atoms with E-state index >= 15 is 0 Å². The maximum Gasteiger partial charge on any atom is 0.343 e. The molecule has 0 saturated heterocycles. The molecule has 0 saturated carbocycles. The molecule has 132 valence electrons. The fraction of sp³-hybridized carbons (Fsp3) is 0.0952. The summed E-state index contributed by atoms with van der Waals surface area (Å²) in [4.78, 5) is 25.7. The van der Waals surface area contributed by atoms with Crippen LogP contribution in [0.4, 0.5) is 0 Å². The van der Waals surface area contributed by atoms with Crippen molar-refractivity contribution in [3.63, 3.8) is 0 Å². The Bertz CT molecular complexity index is 1120. The molecule has 2 heterocycles. The van der Waals surface area contributed by atoms with Gasteiger partial charge in [0.1, 0.15) is 5.75 Å². The quantitative estimate of drug-likeness (QED) is 0.378. The number of imidazole rings is 1. The molecule has 6 heteroatoms. The van der Waals surface area contributed by atoms with Gasteiger partial charge in [-0.1, -0.05) is 30.3 Å². The van der Waals surface area contributed by atoms with Gasteiger partial charge in [0.05, 0.1) is 28.3 Å². The molecule has 0 spiro atoms. The van der Waals surface area contributed by atoms with Crippen LogP contribution in [0.25, 0.3) is 11.3 Å². The number of nitrogens with zero attached hydrogens (tertiary/aromatic N) is 2. The minimum atomic E-state index is -0.341. The molecule has 1 aliphatic carbocycles. The molecule has 0 unspecified atom stereocenters. The predicted molar refractivity (Wildman–Crippen MR) is 103 cm³/mol. The smallest absolute Gasteiger partial charge is 0.343 e. The van der Waals surface area contributed by atoms with Crippen LogP contribution in [-0.2, 0) is 12.8 Å². The molecule has 2 aromatic carbocycles. The standard InChI is InChI=1S/C21H15N3O2S/c25-21(13-5-2-1-3-6-13)26-17-8-4-7-15-16(17)10-18-20(15)24-19(27-18)9-14-11-22-12-23-14/h1-8,11-12H,9-10H2,(H,22,23). The van der Waals surface area contributed by atoms with E-state index in [1.54, 1.807) is 29.8 Å². The summed E-state index contributed by atoms with van der Waals surface area (Å²) in [6, 6.07) is 14.8. The van der Waals surface area contributed by atoms with E-state index in [9.17, 15) is 4.79 Å². The third-order valence-corrected chi connectivity index (χ3v) is 5.62. The largest absolute Gasteiger partial charge is 0.423 e. The molecule has 0 bridgehead atoms. The second-order valence-electron chi connectivity index (χ2n) is 6.33. The molecule has 0 atom stereocenters. The Balaban J connectivity index is 1.42. The first-order chi connectivity index (χ1) is 13.3. The number of ether oxygens (including phenoxy) is 1. The molecule has 5 rings (SSSR count). The summed E-state index contributed by atoms with van der Waals surface area (Å²) in [7, 11) is 0. The first kappa shape index (κ1) is 16.0. The molecule has 0 radical (unpaired) electrons. The highest BCUT2D eigenvalue weighted by Crippen LogP contribution is 2.43. The number of hydrogen-bond donors (Lipinski definition) is 1. The van der Waals surface area contributed by atoms with Crippen LogP contribution >= 0.6 is 11.3 Å². The summed E-state index contributed by atoms with van der Waals surface area (Å²) in [5, 5.41) is 1.05. The van der Waals surface area contributed by atoms with Gasteiger partial charge in [0, 0.05) is 35.0 Å². The molecule has 0 fully saturated rings. The van der Waals surface area contributed by atoms with Gasteiger partial charge in [0.2, 0.25) is 0 Å². The van der Waals surface area contributed by atoms with Gasteiger partial charge in [-0.2, -0.15) is 0 Å². The lowest BCUT2D eigenvalue weighted by molar-refractivity contribution is 0.0733. The van der Waals surface area contributed by atoms with Gasteiger partial charge >= 0.3 is 5.97 Å². The lowest BCUT2D eigenvalue weighted by Crippen LogP contribution is -2.09. The number of hydrogen-bond acceptors (Lipinski definition) is 5. The number of H-pyrrole nitrogens is 1. The SMILES string of the molecule is O=C(Oc1cccc2c1Cc1sc(Cc3c[nH]cn3)nc1-2)c1ccccc1. The minimum absolute atomic E-state index is 0.341. The summed E-state index contributed by atoms with van der Waals surface area (Å²) >= 11 is 1.70. The average Bonchev–Trinajstić information content (AvgIpc) is 3.40. The maximum atomic E-state index is 12.4. The van der Waals surface area contributed by atoms with E-state index in [2.05, 4.69) is 9.97 Å². The highest BCUT2D eigenvalue weighted by atomic mass is 32.1. The van der Waals surface area contributed by atoms with Crippen molar-refractivity contribution in [1.82, 2.24) is 15.0 Å². The first-order valence-corrected chi connectivity index (χ1v) is 9.45. The monoisotopic (exact) mass is 373 g/mol. The van der Waals surface area contributed by atoms with Crippen LogP contribution in [0, 0.1) is 0 Å². The molecular formula is C21H15N3O2S. The van der Waals surface area contributed by atoms with Gasteiger partial charge in [-0.05, 0) is 18.2 Å². The maximum absolute atomic E-state index is 12.4. The molecular weight excluding hydrogens is 358 g/mol. The van der Waals surface area contributed by atoms with E-state index in [0.717, 1.165) is 40.4 Å². The topological polar surface area (TPSA) is 67.9 Å². The number of benzene rings is 2. The molecule has 1 N–H and O–H groups in total. The summed E-state index contributed by atoms with van der Waals surface area (Å²) in [6.45, 7) is 0. The highest BCUT2D eigenvalue weighted by Gasteiger charge is 2.27. The van der Waals surface area contributed by atoms with Crippen LogP contribution in [0.15, 0.2) is 61.1 Å². The Kier molecular flexibility index (Phi) is 3.83. The van der Waals surface area contributed by atoms with E-state index in [1.807, 2.05) is 42.6 Å². The van der Waals surface area contributed by atoms with Crippen molar-refractivity contribution >= 4 is 17.3 Å². The van der Waals surface area contributed by atoms with Gasteiger partial charge in [-0.25, -0.2) is 14.8 Å². The molecule has 0 aliphatic heterocycles. The van der Waals surface area contributed by atoms with Crippen LogP contribution in [0.5, 0.6) is 5.75 Å². The van der Waals surface area contributed by atoms with Crippen molar-refractivity contribution in [3.8, 4) is 17.0 Å². The van der Waals surface area contributed by atoms with Crippen LogP contribution < -0.4 is 4.74 Å². The lowest BCUT2D eigenvalue weighted by Gasteiger charge is -2.09. The molecule has 1 aliphatic rings. The molecule has 27 heavy (non-hydrogen) atoms. The number of aromatic nitrogens is 3. The van der Waals surface area contributed by atoms with Gasteiger partial charge in [0.25, 0.3) is 0 Å². The zero-order chi connectivity index (χ0) is 18.2. The fourth-order valence-electron chi connectivity index (χ4n) is 3.31. The number of nitrogens with one attached hydrogen (secondary N) is 1. The number of thiazole rings is 1. The summed E-state index contributed by atoms with van der Waals surface area (Å²) in [5.41, 5.74) is 4.60. The van der Waals surface area contributed by atoms with Gasteiger partial charge in [0.15, 0.2) is 0 Å². The molecule has 5 nitrogen and oxygen atoms in total. The van der Waals surface area contributed by atoms with Crippen LogP contribution in [-0.4, -0.2) is 20.9 Å². The zero-order valence-electron chi connectivity index (χ0n) is 14.3. The first-order valence-electron chi connectivity index (χ1n) is 8.63. The number of rotatable bonds is 4. The van der Waals surface area contributed by atoms with Crippen molar-refractivity contribution in [2.24, 2.45) is 0 Å². The van der Waals surface area contributed by atoms with Gasteiger partial charge < -0.3 is 9.72 Å². The zero-order valence-corrected chi connectivity index (χ0v) is 15.1. The van der Waals surface area contributed by atoms with Crippen molar-refractivity contribution in [2.45, 2.75) is 12.8 Å². The lowest BCUT2D eigenvalue weighted by atomic mass is 10.1. The number of carbonyl (C=O) groups is 1. The second-order valence-corrected chi connectivity index (χ2v) is 7.50. The van der Waals surface area contributed by atoms with E-state index in [0.29, 0.717) is 11.3 Å². The van der Waals surface area contributed by atoms with Gasteiger partial charge in [-0.15, -0.1) is 11.3 Å². The Morgan fingerprint density at radius 2 is 2.04 bits per heavy atom. The third kappa shape index (κ3) is 2.94. The number of carbonyl (C=O) groups excluding carboxylic acids is 1. The van der Waals surface area contributed by atoms with E-state index in [-0.39, 0.29) is 5.97 Å². The second kappa shape index (κ2) is 6.48. The van der Waals surface area contributed by atoms with Crippen molar-refractivity contribution in [1.29, 1.82) is 0 Å². The summed E-state index contributed by atoms with van der Waals surface area (Å²) in [6.07, 6.45) is 5.03. The average molecular weight is 373 g/mol.